The van der Waals surface area contributed by atoms with Gasteiger partial charge in [-0.05, 0) is 139 Å². The first-order valence-corrected chi connectivity index (χ1v) is 49.3. The SMILES string of the molecule is C.C.CC.CC.CCCc1nc(CCCNS(C)(=O)=O)nc(Nc2[c-]ccc(S(=O)(=O)[O-])c2)n1.CCNS(C)(=O)=O.Cc1cccc(C)c1Nc1ccc2c(-c3ccccc3S(=O)(=O)[O-])c3ccc(=[NH+]c4c(C)cccc4C)cc-3oc2c1.Cc1cccc(C)c1Nc1ccc2c(-c3ccccc3S(=O)(=O)[O-])c3ccc(=[NH+]c4c(C)cccc4C)cc-3oc2c1.O=S(=O)=O.[Na+].[Na+]. The van der Waals surface area contributed by atoms with Gasteiger partial charge in [-0.1, -0.05) is 176 Å². The van der Waals surface area contributed by atoms with Crippen LogP contribution in [-0.4, -0.2) is 109 Å². The van der Waals surface area contributed by atoms with Crippen molar-refractivity contribution >= 4 is 129 Å². The molecule has 0 fully saturated rings. The third-order valence-electron chi connectivity index (χ3n) is 19.2. The summed E-state index contributed by atoms with van der Waals surface area (Å²) < 4.78 is 193. The predicted molar refractivity (Wildman–Crippen MR) is 506 cm³/mol. The van der Waals surface area contributed by atoms with Crippen LogP contribution in [0.4, 0.5) is 45.8 Å². The first kappa shape index (κ1) is 113. The Kier molecular flexibility index (Phi) is 44.3. The number of hydrogen-bond donors (Lipinski definition) is 7. The van der Waals surface area contributed by atoms with Gasteiger partial charge in [0.25, 0.3) is 0 Å². The summed E-state index contributed by atoms with van der Waals surface area (Å²) in [5.41, 5.74) is 19.3. The maximum Gasteiger partial charge on any atom is 1.00 e. The van der Waals surface area contributed by atoms with E-state index in [4.69, 9.17) is 21.5 Å². The van der Waals surface area contributed by atoms with Crippen molar-refractivity contribution in [2.75, 3.05) is 41.6 Å². The minimum absolute atomic E-state index is 0. The Morgan fingerprint density at radius 1 is 0.420 bits per heavy atom. The number of hydrogen-bond acceptors (Lipinski definition) is 24. The van der Waals surface area contributed by atoms with E-state index in [1.165, 1.54) is 18.2 Å². The number of fused-ring (bicyclic) bond motifs is 4. The Hall–Kier alpha value is -10.1. The summed E-state index contributed by atoms with van der Waals surface area (Å²) in [6.07, 6.45) is 4.58. The van der Waals surface area contributed by atoms with Gasteiger partial charge in [0.15, 0.2) is 0 Å². The second kappa shape index (κ2) is 51.3. The van der Waals surface area contributed by atoms with Crippen molar-refractivity contribution in [2.45, 2.75) is 152 Å². The van der Waals surface area contributed by atoms with Gasteiger partial charge in [0.1, 0.15) is 64.7 Å². The molecule has 0 saturated heterocycles. The van der Waals surface area contributed by atoms with E-state index in [9.17, 15) is 55.7 Å². The van der Waals surface area contributed by atoms with Gasteiger partial charge in [-0.25, -0.2) is 66.5 Å². The number of anilines is 6. The minimum Gasteiger partial charge on any atom is -0.746 e. The van der Waals surface area contributed by atoms with E-state index >= 15 is 0 Å². The molecule has 14 rings (SSSR count). The van der Waals surface area contributed by atoms with Gasteiger partial charge in [0.2, 0.25) is 48.1 Å². The van der Waals surface area contributed by atoms with E-state index in [2.05, 4.69) is 160 Å². The zero-order valence-corrected chi connectivity index (χ0v) is 84.0. The quantitative estimate of drug-likeness (QED) is 0.0109. The maximum atomic E-state index is 12.3. The molecule has 0 atom stereocenters. The summed E-state index contributed by atoms with van der Waals surface area (Å²) in [4.78, 5) is 19.0. The second-order valence-corrected chi connectivity index (χ2v) is 36.9. The average Bonchev–Trinajstić information content (AvgIpc) is 0.745. The molecule has 0 saturated carbocycles. The second-order valence-electron chi connectivity index (χ2n) is 28.8. The smallest absolute Gasteiger partial charge is 0.746 e. The summed E-state index contributed by atoms with van der Waals surface area (Å²) in [5, 5.41) is 12.9. The average molecular weight is 1920 g/mol. The molecule has 1 aromatic heterocycles. The Labute approximate surface area is 815 Å². The molecule has 0 amide bonds. The van der Waals surface area contributed by atoms with Crippen molar-refractivity contribution in [3.05, 3.63) is 285 Å². The Morgan fingerprint density at radius 2 is 0.794 bits per heavy atom. The van der Waals surface area contributed by atoms with Gasteiger partial charge in [-0.3, -0.25) is 0 Å². The molecule has 10 aromatic rings. The molecular formula is C95H110N10Na2O18S6. The minimum atomic E-state index is -4.74. The van der Waals surface area contributed by atoms with Gasteiger partial charge in [0, 0.05) is 139 Å². The molecule has 36 heteroatoms. The van der Waals surface area contributed by atoms with E-state index in [-0.39, 0.29) is 107 Å². The molecule has 686 valence electrons. The number of sulfonamides is 2. The first-order valence-electron chi connectivity index (χ1n) is 40.3. The molecule has 0 spiro atoms. The molecule has 0 radical (unpaired) electrons. The fraction of sp³-hybridized carbons (Fsp3) is 0.253. The zero-order chi connectivity index (χ0) is 93.5. The van der Waals surface area contributed by atoms with Crippen LogP contribution < -0.4 is 105 Å². The van der Waals surface area contributed by atoms with Crippen LogP contribution in [0.1, 0.15) is 125 Å². The van der Waals surface area contributed by atoms with Crippen molar-refractivity contribution in [1.29, 1.82) is 0 Å². The maximum absolute atomic E-state index is 12.3. The predicted octanol–water partition coefficient (Wildman–Crippen LogP) is 9.44. The molecule has 2 aliphatic carbocycles. The van der Waals surface area contributed by atoms with Crippen LogP contribution in [0.5, 0.6) is 0 Å². The Bertz CT molecular complexity index is 6760. The van der Waals surface area contributed by atoms with Crippen molar-refractivity contribution < 1.29 is 146 Å². The molecule has 0 bridgehead atoms. The van der Waals surface area contributed by atoms with E-state index in [0.29, 0.717) is 104 Å². The zero-order valence-electron chi connectivity index (χ0n) is 75.1. The van der Waals surface area contributed by atoms with E-state index < -0.39 is 61.0 Å². The number of benzene rings is 11. The summed E-state index contributed by atoms with van der Waals surface area (Å²) in [7, 11) is -23.4. The fourth-order valence-corrected chi connectivity index (χ4v) is 16.5. The molecule has 3 heterocycles. The topological polar surface area (TPSA) is 444 Å². The monoisotopic (exact) mass is 1920 g/mol. The van der Waals surface area contributed by atoms with Crippen LogP contribution in [0.2, 0.25) is 0 Å². The molecule has 28 nitrogen and oxygen atoms in total. The summed E-state index contributed by atoms with van der Waals surface area (Å²) >= 11 is 0. The van der Waals surface area contributed by atoms with Crippen molar-refractivity contribution in [3.63, 3.8) is 0 Å². The van der Waals surface area contributed by atoms with Gasteiger partial charge in [0.05, 0.1) is 34.4 Å². The third kappa shape index (κ3) is 32.4. The fourth-order valence-electron chi connectivity index (χ4n) is 13.6. The molecule has 9 aromatic carbocycles. The van der Waals surface area contributed by atoms with Gasteiger partial charge < -0.3 is 38.4 Å². The van der Waals surface area contributed by atoms with Crippen LogP contribution in [0.3, 0.4) is 0 Å². The molecular weight excluding hydrogens is 1810 g/mol. The summed E-state index contributed by atoms with van der Waals surface area (Å²) in [6, 6.07) is 66.5. The largest absolute Gasteiger partial charge is 1.00 e. The van der Waals surface area contributed by atoms with Gasteiger partial charge in [-0.2, -0.15) is 28.2 Å². The summed E-state index contributed by atoms with van der Waals surface area (Å²) in [5.74, 6) is 2.33. The number of aryl methyl sites for hydroxylation is 10. The van der Waals surface area contributed by atoms with Crippen LogP contribution in [0.25, 0.3) is 66.8 Å². The molecule has 2 aliphatic heterocycles. The number of rotatable bonds is 22. The van der Waals surface area contributed by atoms with Crippen molar-refractivity contribution in [1.82, 2.24) is 24.4 Å². The Balaban J connectivity index is 0.000000382. The number of nitrogens with one attached hydrogen (secondary N) is 7. The van der Waals surface area contributed by atoms with E-state index in [1.807, 2.05) is 132 Å². The number of nitrogens with zero attached hydrogens (tertiary/aromatic N) is 3. The Morgan fingerprint density at radius 3 is 1.15 bits per heavy atom. The van der Waals surface area contributed by atoms with Crippen LogP contribution in [0.15, 0.2) is 236 Å². The molecule has 0 unspecified atom stereocenters. The number of aromatic nitrogens is 3. The van der Waals surface area contributed by atoms with Crippen LogP contribution in [0, 0.1) is 61.5 Å². The third-order valence-corrected chi connectivity index (χ3v) is 23.3. The standard InChI is InChI=1S/2C35H30N2O4S.C16H22N5O5S2.C3H9NO2S.2C2H6.2CH4.2Na.O3S/c2*1-21-9-7-10-22(2)34(21)36-25-15-17-27-30(19-25)41-31-20-26(37-35-23(3)11-8-12-24(35)4)16-18-28(31)33(27)29-13-5-6-14-32(29)42(38,39)40;1-3-6-14-19-15(9-5-10-17-27(2,22)23)21-16(20-14)18-12-7-4-8-13(11-12)28(24,25)26;1-3-4-7(2,5)6;2*1-2;;;;;1-4(2)3/h2*5-20,36H,1-4H3,(H,38,39,40);4,8,11,17H,3,5-6,9-10H2,1-2H3,(H,24,25,26)(H,18,19,20,21);4H,3H2,1-2H3;2*1-2H3;2*1H4;;;/q;;-1;;;;;;2*+1;/p-1. The molecule has 7 N–H and O–H groups in total. The van der Waals surface area contributed by atoms with Crippen molar-refractivity contribution in [3.8, 4) is 44.9 Å². The van der Waals surface area contributed by atoms with Gasteiger partial charge >= 0.3 is 69.7 Å². The van der Waals surface area contributed by atoms with Gasteiger partial charge in [-0.15, -0.1) is 18.7 Å². The summed E-state index contributed by atoms with van der Waals surface area (Å²) in [6.45, 7) is 28.9. The van der Waals surface area contributed by atoms with E-state index in [0.717, 1.165) is 120 Å². The van der Waals surface area contributed by atoms with Crippen LogP contribution in [-0.2, 0) is 73.9 Å². The normalized spacial score (nSPS) is 11.4. The first-order chi connectivity index (χ1) is 60.1. The number of para-hydroxylation sites is 4. The van der Waals surface area contributed by atoms with Crippen molar-refractivity contribution in [2.24, 2.45) is 0 Å². The van der Waals surface area contributed by atoms with E-state index in [1.54, 1.807) is 43.3 Å². The molecule has 4 aliphatic rings. The molecule has 131 heavy (non-hydrogen) atoms. The van der Waals surface area contributed by atoms with Crippen LogP contribution >= 0.6 is 0 Å².